The van der Waals surface area contributed by atoms with Crippen LogP contribution in [0.3, 0.4) is 0 Å². The molecule has 1 aliphatic rings. The lowest BCUT2D eigenvalue weighted by Crippen LogP contribution is -2.17. The van der Waals surface area contributed by atoms with Gasteiger partial charge in [-0.05, 0) is 36.5 Å². The van der Waals surface area contributed by atoms with E-state index in [2.05, 4.69) is 24.3 Å². The van der Waals surface area contributed by atoms with E-state index in [4.69, 9.17) is 27.9 Å². The first-order valence-electron chi connectivity index (χ1n) is 7.33. The van der Waals surface area contributed by atoms with E-state index in [0.717, 1.165) is 17.7 Å². The highest BCUT2D eigenvalue weighted by Gasteiger charge is 2.21. The van der Waals surface area contributed by atoms with Crippen molar-refractivity contribution in [3.63, 3.8) is 0 Å². The van der Waals surface area contributed by atoms with E-state index < -0.39 is 0 Å². The predicted molar refractivity (Wildman–Crippen MR) is 88.6 cm³/mol. The Kier molecular flexibility index (Phi) is 4.72. The summed E-state index contributed by atoms with van der Waals surface area (Å²) in [5, 5.41) is 0.636. The third kappa shape index (κ3) is 3.20. The van der Waals surface area contributed by atoms with Gasteiger partial charge in [0.2, 0.25) is 0 Å². The molecule has 0 saturated carbocycles. The summed E-state index contributed by atoms with van der Waals surface area (Å²) in [6, 6.07) is 14.4. The van der Waals surface area contributed by atoms with Gasteiger partial charge in [-0.1, -0.05) is 48.0 Å². The first-order valence-corrected chi connectivity index (χ1v) is 8.25. The second-order valence-corrected chi connectivity index (χ2v) is 6.14. The van der Waals surface area contributed by atoms with Crippen LogP contribution in [0, 0.1) is 0 Å². The molecule has 3 heteroatoms. The van der Waals surface area contributed by atoms with Gasteiger partial charge >= 0.3 is 0 Å². The van der Waals surface area contributed by atoms with Gasteiger partial charge in [0.05, 0.1) is 17.5 Å². The molecule has 2 aromatic rings. The molecule has 1 aliphatic carbocycles. The first-order chi connectivity index (χ1) is 10.3. The van der Waals surface area contributed by atoms with Gasteiger partial charge in [-0.25, -0.2) is 0 Å². The van der Waals surface area contributed by atoms with E-state index in [1.165, 1.54) is 24.0 Å². The molecule has 0 aromatic heterocycles. The number of fused-ring (bicyclic) bond motifs is 1. The number of rotatable bonds is 4. The number of alkyl halides is 1. The summed E-state index contributed by atoms with van der Waals surface area (Å²) >= 11 is 12.2. The summed E-state index contributed by atoms with van der Waals surface area (Å²) in [4.78, 5) is 0. The Labute approximate surface area is 135 Å². The van der Waals surface area contributed by atoms with Crippen LogP contribution in [0.15, 0.2) is 42.5 Å². The summed E-state index contributed by atoms with van der Waals surface area (Å²) in [5.41, 5.74) is 3.82. The number of hydrogen-bond acceptors (Lipinski definition) is 1. The number of hydrogen-bond donors (Lipinski definition) is 0. The van der Waals surface area contributed by atoms with Crippen LogP contribution in [-0.4, -0.2) is 6.61 Å². The average Bonchev–Trinajstić information content (AvgIpc) is 2.53. The third-order valence-corrected chi connectivity index (χ3v) is 4.70. The maximum atomic E-state index is 6.24. The van der Waals surface area contributed by atoms with E-state index in [9.17, 15) is 0 Å². The molecule has 0 spiro atoms. The molecule has 110 valence electrons. The summed E-state index contributed by atoms with van der Waals surface area (Å²) < 4.78 is 6.04. The molecular formula is C18H18Cl2O. The Morgan fingerprint density at radius 1 is 1.10 bits per heavy atom. The minimum absolute atomic E-state index is 0.414. The van der Waals surface area contributed by atoms with Crippen LogP contribution < -0.4 is 4.74 Å². The van der Waals surface area contributed by atoms with Crippen molar-refractivity contribution in [2.75, 3.05) is 6.61 Å². The maximum absolute atomic E-state index is 6.24. The number of benzene rings is 2. The van der Waals surface area contributed by atoms with Gasteiger partial charge in [0.1, 0.15) is 5.75 Å². The summed E-state index contributed by atoms with van der Waals surface area (Å²) in [7, 11) is 0. The Morgan fingerprint density at radius 3 is 2.81 bits per heavy atom. The second kappa shape index (κ2) is 6.72. The molecule has 0 heterocycles. The van der Waals surface area contributed by atoms with Crippen molar-refractivity contribution in [2.24, 2.45) is 0 Å². The fourth-order valence-electron chi connectivity index (χ4n) is 3.03. The van der Waals surface area contributed by atoms with Gasteiger partial charge in [0, 0.05) is 11.5 Å². The van der Waals surface area contributed by atoms with Gasteiger partial charge in [-0.15, -0.1) is 11.6 Å². The monoisotopic (exact) mass is 320 g/mol. The first kappa shape index (κ1) is 14.7. The van der Waals surface area contributed by atoms with Crippen molar-refractivity contribution in [2.45, 2.75) is 31.1 Å². The van der Waals surface area contributed by atoms with Crippen LogP contribution in [0.4, 0.5) is 0 Å². The van der Waals surface area contributed by atoms with Gasteiger partial charge in [-0.2, -0.15) is 0 Å². The largest absolute Gasteiger partial charge is 0.491 e. The van der Waals surface area contributed by atoms with E-state index in [1.807, 2.05) is 18.2 Å². The Bertz CT molecular complexity index is 624. The normalized spacial score (nSPS) is 17.3. The van der Waals surface area contributed by atoms with E-state index in [0.29, 0.717) is 23.4 Å². The molecule has 0 amide bonds. The fraction of sp³-hybridized carbons (Fsp3) is 0.333. The molecule has 0 radical (unpaired) electrons. The highest BCUT2D eigenvalue weighted by molar-refractivity contribution is 6.32. The highest BCUT2D eigenvalue weighted by Crippen LogP contribution is 2.34. The molecule has 3 rings (SSSR count). The van der Waals surface area contributed by atoms with Crippen molar-refractivity contribution in [3.8, 4) is 5.75 Å². The summed E-state index contributed by atoms with van der Waals surface area (Å²) in [6.45, 7) is 0.657. The molecule has 0 aliphatic heterocycles. The van der Waals surface area contributed by atoms with Crippen LogP contribution in [0.1, 0.15) is 35.4 Å². The zero-order valence-electron chi connectivity index (χ0n) is 11.8. The van der Waals surface area contributed by atoms with Crippen LogP contribution in [0.2, 0.25) is 5.02 Å². The molecule has 0 N–H and O–H groups in total. The molecule has 0 fully saturated rings. The van der Waals surface area contributed by atoms with E-state index in [1.54, 1.807) is 0 Å². The van der Waals surface area contributed by atoms with Gasteiger partial charge in [0.25, 0.3) is 0 Å². The molecular weight excluding hydrogens is 303 g/mol. The summed E-state index contributed by atoms with van der Waals surface area (Å²) in [6.07, 6.45) is 3.55. The van der Waals surface area contributed by atoms with Gasteiger partial charge in [0.15, 0.2) is 0 Å². The molecule has 1 atom stereocenters. The Morgan fingerprint density at radius 2 is 1.95 bits per heavy atom. The smallest absolute Gasteiger partial charge is 0.142 e. The zero-order chi connectivity index (χ0) is 14.7. The predicted octanol–water partition coefficient (Wildman–Crippen LogP) is 5.58. The van der Waals surface area contributed by atoms with Crippen LogP contribution in [0.25, 0.3) is 0 Å². The number of halogens is 2. The minimum atomic E-state index is 0.414. The number of aryl methyl sites for hydroxylation is 1. The number of ether oxygens (including phenoxy) is 1. The second-order valence-electron chi connectivity index (χ2n) is 5.46. The lowest BCUT2D eigenvalue weighted by atomic mass is 9.83. The number of para-hydroxylation sites is 1. The molecule has 0 saturated heterocycles. The van der Waals surface area contributed by atoms with E-state index in [-0.39, 0.29) is 0 Å². The van der Waals surface area contributed by atoms with Crippen LogP contribution >= 0.6 is 23.2 Å². The zero-order valence-corrected chi connectivity index (χ0v) is 13.3. The third-order valence-electron chi connectivity index (χ3n) is 4.11. The SMILES string of the molecule is ClCc1cccc(Cl)c1OCC1CCCc2ccccc21. The highest BCUT2D eigenvalue weighted by atomic mass is 35.5. The summed E-state index contributed by atoms with van der Waals surface area (Å²) in [5.74, 6) is 1.59. The van der Waals surface area contributed by atoms with Crippen LogP contribution in [-0.2, 0) is 12.3 Å². The van der Waals surface area contributed by atoms with Gasteiger partial charge in [-0.3, -0.25) is 0 Å². The van der Waals surface area contributed by atoms with Gasteiger partial charge < -0.3 is 4.74 Å². The van der Waals surface area contributed by atoms with Crippen molar-refractivity contribution >= 4 is 23.2 Å². The Hall–Kier alpha value is -1.18. The minimum Gasteiger partial charge on any atom is -0.491 e. The standard InChI is InChI=1S/C18H18Cl2O/c19-11-14-7-4-10-17(20)18(14)21-12-15-8-3-6-13-5-1-2-9-16(13)15/h1-2,4-5,7,9-10,15H,3,6,8,11-12H2. The Balaban J connectivity index is 1.78. The topological polar surface area (TPSA) is 9.23 Å². The molecule has 1 nitrogen and oxygen atoms in total. The van der Waals surface area contributed by atoms with E-state index >= 15 is 0 Å². The quantitative estimate of drug-likeness (QED) is 0.668. The lowest BCUT2D eigenvalue weighted by molar-refractivity contribution is 0.273. The van der Waals surface area contributed by atoms with Crippen molar-refractivity contribution in [3.05, 3.63) is 64.2 Å². The van der Waals surface area contributed by atoms with Crippen molar-refractivity contribution < 1.29 is 4.74 Å². The average molecular weight is 321 g/mol. The molecule has 21 heavy (non-hydrogen) atoms. The fourth-order valence-corrected chi connectivity index (χ4v) is 3.49. The lowest BCUT2D eigenvalue weighted by Gasteiger charge is -2.26. The van der Waals surface area contributed by atoms with Crippen molar-refractivity contribution in [1.29, 1.82) is 0 Å². The van der Waals surface area contributed by atoms with Crippen LogP contribution in [0.5, 0.6) is 5.75 Å². The van der Waals surface area contributed by atoms with Crippen molar-refractivity contribution in [1.82, 2.24) is 0 Å². The molecule has 2 aromatic carbocycles. The maximum Gasteiger partial charge on any atom is 0.142 e. The molecule has 0 bridgehead atoms. The molecule has 1 unspecified atom stereocenters.